The van der Waals surface area contributed by atoms with Gasteiger partial charge in [-0.3, -0.25) is 9.36 Å². The van der Waals surface area contributed by atoms with E-state index in [1.54, 1.807) is 0 Å². The van der Waals surface area contributed by atoms with Gasteiger partial charge in [-0.05, 0) is 19.4 Å². The average Bonchev–Trinajstić information content (AvgIpc) is 2.90. The average molecular weight is 296 g/mol. The van der Waals surface area contributed by atoms with Crippen molar-refractivity contribution in [3.8, 4) is 0 Å². The van der Waals surface area contributed by atoms with E-state index < -0.39 is 0 Å². The largest absolute Gasteiger partial charge is 0.312 e. The maximum Gasteiger partial charge on any atom is 0.0866 e. The summed E-state index contributed by atoms with van der Waals surface area (Å²) in [7, 11) is 1.91. The highest BCUT2D eigenvalue weighted by Crippen LogP contribution is 2.20. The molecule has 0 unspecified atom stereocenters. The minimum absolute atomic E-state index is 0.639. The van der Waals surface area contributed by atoms with Gasteiger partial charge in [0, 0.05) is 25.4 Å². The molecule has 0 aliphatic carbocycles. The van der Waals surface area contributed by atoms with Crippen LogP contribution >= 0.6 is 11.6 Å². The Morgan fingerprint density at radius 3 is 2.75 bits per heavy atom. The van der Waals surface area contributed by atoms with Gasteiger partial charge in [-0.2, -0.15) is 10.2 Å². The first kappa shape index (κ1) is 15.1. The standard InChI is InChI=1S/C14H22ClN5/c1-10(2)5-16-6-12-7-17-20(8-12)9-13-14(15)11(3)18-19(13)4/h7-8,10,16H,5-6,9H2,1-4H3. The van der Waals surface area contributed by atoms with E-state index in [2.05, 4.69) is 29.4 Å². The van der Waals surface area contributed by atoms with Gasteiger partial charge >= 0.3 is 0 Å². The number of aryl methyl sites for hydroxylation is 2. The third-order valence-electron chi connectivity index (χ3n) is 3.14. The highest BCUT2D eigenvalue weighted by atomic mass is 35.5. The summed E-state index contributed by atoms with van der Waals surface area (Å²) >= 11 is 6.25. The van der Waals surface area contributed by atoms with E-state index in [4.69, 9.17) is 11.6 Å². The Kier molecular flexibility index (Phi) is 4.83. The molecule has 0 saturated carbocycles. The Morgan fingerprint density at radius 2 is 2.15 bits per heavy atom. The second-order valence-corrected chi connectivity index (χ2v) is 5.92. The number of nitrogens with zero attached hydrogens (tertiary/aromatic N) is 4. The third-order valence-corrected chi connectivity index (χ3v) is 3.63. The topological polar surface area (TPSA) is 47.7 Å². The van der Waals surface area contributed by atoms with Crippen LogP contribution in [0.4, 0.5) is 0 Å². The van der Waals surface area contributed by atoms with Crippen LogP contribution in [0.25, 0.3) is 0 Å². The fraction of sp³-hybridized carbons (Fsp3) is 0.571. The van der Waals surface area contributed by atoms with Gasteiger partial charge in [0.15, 0.2) is 0 Å². The van der Waals surface area contributed by atoms with E-state index in [0.29, 0.717) is 12.5 Å². The van der Waals surface area contributed by atoms with Gasteiger partial charge in [0.05, 0.1) is 29.2 Å². The SMILES string of the molecule is Cc1nn(C)c(Cn2cc(CNCC(C)C)cn2)c1Cl. The van der Waals surface area contributed by atoms with Crippen molar-refractivity contribution in [2.24, 2.45) is 13.0 Å². The number of halogens is 1. The molecule has 6 heteroatoms. The summed E-state index contributed by atoms with van der Waals surface area (Å²) in [6.07, 6.45) is 3.94. The molecule has 0 amide bonds. The highest BCUT2D eigenvalue weighted by Gasteiger charge is 2.12. The van der Waals surface area contributed by atoms with Crippen molar-refractivity contribution in [2.45, 2.75) is 33.9 Å². The molecule has 0 bridgehead atoms. The summed E-state index contributed by atoms with van der Waals surface area (Å²) in [5, 5.41) is 12.8. The van der Waals surface area contributed by atoms with Crippen molar-refractivity contribution < 1.29 is 0 Å². The van der Waals surface area contributed by atoms with Crippen molar-refractivity contribution in [1.82, 2.24) is 24.9 Å². The molecule has 0 aliphatic heterocycles. The summed E-state index contributed by atoms with van der Waals surface area (Å²) in [5.74, 6) is 0.654. The monoisotopic (exact) mass is 295 g/mol. The van der Waals surface area contributed by atoms with Crippen molar-refractivity contribution >= 4 is 11.6 Å². The zero-order valence-electron chi connectivity index (χ0n) is 12.5. The lowest BCUT2D eigenvalue weighted by Gasteiger charge is -2.05. The van der Waals surface area contributed by atoms with E-state index in [0.717, 1.165) is 29.5 Å². The molecule has 2 aromatic heterocycles. The number of rotatable bonds is 6. The van der Waals surface area contributed by atoms with Crippen LogP contribution in [-0.2, 0) is 20.1 Å². The first-order valence-corrected chi connectivity index (χ1v) is 7.25. The number of aromatic nitrogens is 4. The van der Waals surface area contributed by atoms with Crippen LogP contribution in [0, 0.1) is 12.8 Å². The molecule has 0 radical (unpaired) electrons. The second-order valence-electron chi connectivity index (χ2n) is 5.54. The lowest BCUT2D eigenvalue weighted by Crippen LogP contribution is -2.18. The van der Waals surface area contributed by atoms with E-state index in [-0.39, 0.29) is 0 Å². The van der Waals surface area contributed by atoms with Gasteiger partial charge in [0.25, 0.3) is 0 Å². The third kappa shape index (κ3) is 3.61. The van der Waals surface area contributed by atoms with Crippen LogP contribution < -0.4 is 5.32 Å². The quantitative estimate of drug-likeness (QED) is 0.890. The number of hydrogen-bond donors (Lipinski definition) is 1. The maximum atomic E-state index is 6.25. The summed E-state index contributed by atoms with van der Waals surface area (Å²) in [6, 6.07) is 0. The van der Waals surface area contributed by atoms with Gasteiger partial charge in [0.1, 0.15) is 0 Å². The van der Waals surface area contributed by atoms with Gasteiger partial charge < -0.3 is 5.32 Å². The predicted molar refractivity (Wildman–Crippen MR) is 80.8 cm³/mol. The normalized spacial score (nSPS) is 11.5. The zero-order chi connectivity index (χ0) is 14.7. The van der Waals surface area contributed by atoms with Crippen LogP contribution in [0.1, 0.15) is 30.8 Å². The van der Waals surface area contributed by atoms with Crippen LogP contribution in [0.2, 0.25) is 5.02 Å². The van der Waals surface area contributed by atoms with Crippen LogP contribution in [0.15, 0.2) is 12.4 Å². The maximum absolute atomic E-state index is 6.25. The Morgan fingerprint density at radius 1 is 1.40 bits per heavy atom. The zero-order valence-corrected chi connectivity index (χ0v) is 13.3. The Balaban J connectivity index is 1.99. The predicted octanol–water partition coefficient (Wildman–Crippen LogP) is 2.37. The van der Waals surface area contributed by atoms with E-state index >= 15 is 0 Å². The minimum Gasteiger partial charge on any atom is -0.312 e. The lowest BCUT2D eigenvalue weighted by molar-refractivity contribution is 0.552. The van der Waals surface area contributed by atoms with Gasteiger partial charge in [-0.1, -0.05) is 25.4 Å². The first-order valence-electron chi connectivity index (χ1n) is 6.87. The summed E-state index contributed by atoms with van der Waals surface area (Å²) in [4.78, 5) is 0. The van der Waals surface area contributed by atoms with Crippen LogP contribution in [0.5, 0.6) is 0 Å². The van der Waals surface area contributed by atoms with Gasteiger partial charge in [-0.15, -0.1) is 0 Å². The van der Waals surface area contributed by atoms with Crippen molar-refractivity contribution in [3.05, 3.63) is 34.4 Å². The van der Waals surface area contributed by atoms with Crippen molar-refractivity contribution in [2.75, 3.05) is 6.54 Å². The first-order chi connectivity index (χ1) is 9.47. The minimum atomic E-state index is 0.639. The number of hydrogen-bond acceptors (Lipinski definition) is 3. The molecule has 2 rings (SSSR count). The lowest BCUT2D eigenvalue weighted by atomic mass is 10.2. The smallest absolute Gasteiger partial charge is 0.0866 e. The van der Waals surface area contributed by atoms with Crippen LogP contribution in [0.3, 0.4) is 0 Å². The molecule has 0 aromatic carbocycles. The Hall–Kier alpha value is -1.33. The molecule has 0 aliphatic rings. The summed E-state index contributed by atoms with van der Waals surface area (Å²) in [6.45, 7) is 8.80. The molecule has 5 nitrogen and oxygen atoms in total. The summed E-state index contributed by atoms with van der Waals surface area (Å²) in [5.41, 5.74) is 3.02. The highest BCUT2D eigenvalue weighted by molar-refractivity contribution is 6.31. The molecule has 2 aromatic rings. The van der Waals surface area contributed by atoms with E-state index in [1.165, 1.54) is 5.56 Å². The molecule has 1 N–H and O–H groups in total. The van der Waals surface area contributed by atoms with Crippen LogP contribution in [-0.4, -0.2) is 26.1 Å². The van der Waals surface area contributed by atoms with Gasteiger partial charge in [-0.25, -0.2) is 0 Å². The fourth-order valence-electron chi connectivity index (χ4n) is 2.09. The van der Waals surface area contributed by atoms with E-state index in [9.17, 15) is 0 Å². The molecular weight excluding hydrogens is 274 g/mol. The second kappa shape index (κ2) is 6.41. The van der Waals surface area contributed by atoms with Crippen molar-refractivity contribution in [3.63, 3.8) is 0 Å². The molecule has 0 saturated heterocycles. The molecule has 0 spiro atoms. The fourth-order valence-corrected chi connectivity index (χ4v) is 2.31. The van der Waals surface area contributed by atoms with E-state index in [1.807, 2.05) is 35.7 Å². The van der Waals surface area contributed by atoms with Gasteiger partial charge in [0.2, 0.25) is 0 Å². The molecule has 2 heterocycles. The molecule has 20 heavy (non-hydrogen) atoms. The Labute approximate surface area is 124 Å². The number of nitrogens with one attached hydrogen (secondary N) is 1. The molecular formula is C14H22ClN5. The Bertz CT molecular complexity index is 570. The summed E-state index contributed by atoms with van der Waals surface area (Å²) < 4.78 is 3.71. The van der Waals surface area contributed by atoms with Crippen molar-refractivity contribution in [1.29, 1.82) is 0 Å². The molecule has 0 fully saturated rings. The molecule has 0 atom stereocenters. The molecule has 110 valence electrons.